The van der Waals surface area contributed by atoms with Gasteiger partial charge in [0.15, 0.2) is 0 Å². The van der Waals surface area contributed by atoms with Crippen molar-refractivity contribution in [3.63, 3.8) is 0 Å². The van der Waals surface area contributed by atoms with Gasteiger partial charge < -0.3 is 15.1 Å². The molecular weight excluding hydrogens is 363 g/mol. The van der Waals surface area contributed by atoms with Crippen LogP contribution in [-0.4, -0.2) is 48.9 Å². The molecule has 1 N–H and O–H groups in total. The number of fused-ring (bicyclic) bond motifs is 2. The Morgan fingerprint density at radius 2 is 1.79 bits per heavy atom. The predicted octanol–water partition coefficient (Wildman–Crippen LogP) is 4.28. The first-order valence-corrected chi connectivity index (χ1v) is 8.51. The molecule has 1 fully saturated rings. The lowest BCUT2D eigenvalue weighted by atomic mass is 10.2. The van der Waals surface area contributed by atoms with Gasteiger partial charge in [-0.25, -0.2) is 4.99 Å². The van der Waals surface area contributed by atoms with Gasteiger partial charge in [0.2, 0.25) is 0 Å². The number of aliphatic imine (C=N–C) groups is 1. The van der Waals surface area contributed by atoms with Crippen LogP contribution in [0.1, 0.15) is 10.4 Å². The lowest BCUT2D eigenvalue weighted by Crippen LogP contribution is -2.47. The van der Waals surface area contributed by atoms with Crippen molar-refractivity contribution in [3.8, 4) is 0 Å². The maximum Gasteiger partial charge on any atom is 0.139 e. The van der Waals surface area contributed by atoms with Crippen LogP contribution in [0.4, 0.5) is 16.4 Å². The molecule has 0 atom stereocenters. The summed E-state index contributed by atoms with van der Waals surface area (Å²) in [6.07, 6.45) is 0. The van der Waals surface area contributed by atoms with E-state index in [-0.39, 0.29) is 24.8 Å². The van der Waals surface area contributed by atoms with Crippen molar-refractivity contribution in [2.45, 2.75) is 6.92 Å². The molecule has 0 spiro atoms. The number of para-hydroxylation sites is 2. The summed E-state index contributed by atoms with van der Waals surface area (Å²) in [5.74, 6) is 1.12. The van der Waals surface area contributed by atoms with Gasteiger partial charge in [0.1, 0.15) is 10.8 Å². The monoisotopic (exact) mass is 384 g/mol. The highest BCUT2D eigenvalue weighted by Crippen LogP contribution is 2.39. The van der Waals surface area contributed by atoms with E-state index in [0.717, 1.165) is 43.4 Å². The molecule has 130 valence electrons. The summed E-state index contributed by atoms with van der Waals surface area (Å²) in [5.41, 5.74) is 3.36. The second-order valence-corrected chi connectivity index (χ2v) is 7.22. The summed E-state index contributed by atoms with van der Waals surface area (Å²) < 4.78 is 0. The molecule has 24 heavy (non-hydrogen) atoms. The van der Waals surface area contributed by atoms with E-state index < -0.39 is 0 Å². The number of halogens is 2. The molecule has 2 aliphatic heterocycles. The van der Waals surface area contributed by atoms with E-state index in [1.807, 2.05) is 0 Å². The van der Waals surface area contributed by atoms with Crippen LogP contribution in [0.2, 0.25) is 0 Å². The summed E-state index contributed by atoms with van der Waals surface area (Å²) in [4.78, 5) is 11.1. The number of nitrogens with one attached hydrogen (secondary N) is 1. The van der Waals surface area contributed by atoms with E-state index in [1.165, 1.54) is 15.4 Å². The highest BCUT2D eigenvalue weighted by Gasteiger charge is 2.25. The number of likely N-dealkylation sites (N-methyl/N-ethyl adjacent to an activating group) is 1. The van der Waals surface area contributed by atoms with Gasteiger partial charge in [0, 0.05) is 31.1 Å². The summed E-state index contributed by atoms with van der Waals surface area (Å²) in [5, 5.41) is 4.78. The summed E-state index contributed by atoms with van der Waals surface area (Å²) in [6, 6.07) is 10.6. The van der Waals surface area contributed by atoms with Gasteiger partial charge in [-0.1, -0.05) is 12.1 Å². The van der Waals surface area contributed by atoms with E-state index in [0.29, 0.717) is 0 Å². The van der Waals surface area contributed by atoms with Crippen molar-refractivity contribution in [2.24, 2.45) is 4.99 Å². The second-order valence-electron chi connectivity index (χ2n) is 5.97. The molecule has 4 nitrogen and oxygen atoms in total. The molecule has 0 unspecified atom stereocenters. The molecule has 2 aromatic rings. The molecule has 3 heterocycles. The number of piperazine rings is 1. The van der Waals surface area contributed by atoms with Gasteiger partial charge in [0.05, 0.1) is 16.9 Å². The Bertz CT molecular complexity index is 736. The molecule has 1 saturated heterocycles. The van der Waals surface area contributed by atoms with Crippen LogP contribution in [0.5, 0.6) is 0 Å². The Hall–Kier alpha value is -1.27. The minimum absolute atomic E-state index is 0. The molecule has 1 aromatic heterocycles. The number of hydrogen-bond donors (Lipinski definition) is 1. The Morgan fingerprint density at radius 3 is 2.54 bits per heavy atom. The van der Waals surface area contributed by atoms with Crippen LogP contribution < -0.4 is 5.32 Å². The van der Waals surface area contributed by atoms with Crippen LogP contribution in [0.3, 0.4) is 0 Å². The van der Waals surface area contributed by atoms with Crippen molar-refractivity contribution in [2.75, 3.05) is 38.5 Å². The normalized spacial score (nSPS) is 16.6. The zero-order valence-corrected chi connectivity index (χ0v) is 16.2. The quantitative estimate of drug-likeness (QED) is 0.734. The smallest absolute Gasteiger partial charge is 0.139 e. The minimum Gasteiger partial charge on any atom is -0.353 e. The van der Waals surface area contributed by atoms with Crippen molar-refractivity contribution < 1.29 is 0 Å². The number of benzene rings is 1. The van der Waals surface area contributed by atoms with Crippen LogP contribution in [-0.2, 0) is 0 Å². The van der Waals surface area contributed by atoms with Crippen molar-refractivity contribution >= 4 is 58.4 Å². The van der Waals surface area contributed by atoms with Gasteiger partial charge >= 0.3 is 0 Å². The number of rotatable bonds is 0. The molecule has 7 heteroatoms. The lowest BCUT2D eigenvalue weighted by molar-refractivity contribution is 0.216. The highest BCUT2D eigenvalue weighted by molar-refractivity contribution is 7.16. The van der Waals surface area contributed by atoms with Gasteiger partial charge in [-0.3, -0.25) is 0 Å². The fourth-order valence-electron chi connectivity index (χ4n) is 3.01. The summed E-state index contributed by atoms with van der Waals surface area (Å²) in [7, 11) is 2.18. The number of anilines is 2. The average Bonchev–Trinajstić information content (AvgIpc) is 2.80. The van der Waals surface area contributed by atoms with E-state index in [4.69, 9.17) is 4.99 Å². The molecule has 0 amide bonds. The maximum atomic E-state index is 5.01. The van der Waals surface area contributed by atoms with E-state index >= 15 is 0 Å². The predicted molar refractivity (Wildman–Crippen MR) is 109 cm³/mol. The minimum atomic E-state index is 0. The summed E-state index contributed by atoms with van der Waals surface area (Å²) in [6.45, 7) is 6.41. The van der Waals surface area contributed by atoms with E-state index in [2.05, 4.69) is 59.4 Å². The number of thiophene rings is 1. The molecule has 1 aromatic carbocycles. The Morgan fingerprint density at radius 1 is 1.08 bits per heavy atom. The van der Waals surface area contributed by atoms with Crippen LogP contribution >= 0.6 is 36.2 Å². The van der Waals surface area contributed by atoms with Crippen molar-refractivity contribution in [3.05, 3.63) is 40.8 Å². The SMILES string of the molecule is Cc1cc2c(s1)Nc1ccccc1N=C2N1CCN(C)CC1.Cl.Cl. The third kappa shape index (κ3) is 3.54. The van der Waals surface area contributed by atoms with Crippen molar-refractivity contribution in [1.82, 2.24) is 9.80 Å². The second kappa shape index (κ2) is 7.74. The number of nitrogens with zero attached hydrogens (tertiary/aromatic N) is 3. The zero-order valence-electron chi connectivity index (χ0n) is 13.8. The van der Waals surface area contributed by atoms with Crippen LogP contribution in [0, 0.1) is 6.92 Å². The Balaban J connectivity index is 0.00000104. The highest BCUT2D eigenvalue weighted by atomic mass is 35.5. The molecule has 4 rings (SSSR count). The summed E-state index contributed by atoms with van der Waals surface area (Å²) >= 11 is 1.81. The van der Waals surface area contributed by atoms with E-state index in [9.17, 15) is 0 Å². The topological polar surface area (TPSA) is 30.9 Å². The van der Waals surface area contributed by atoms with Gasteiger partial charge in [-0.05, 0) is 32.2 Å². The molecule has 0 bridgehead atoms. The lowest BCUT2D eigenvalue weighted by Gasteiger charge is -2.34. The molecule has 0 radical (unpaired) electrons. The first-order chi connectivity index (χ1) is 10.7. The fraction of sp³-hybridized carbons (Fsp3) is 0.353. The third-order valence-corrected chi connectivity index (χ3v) is 5.24. The molecule has 2 aliphatic rings. The van der Waals surface area contributed by atoms with Gasteiger partial charge in [-0.2, -0.15) is 0 Å². The number of amidine groups is 1. The first kappa shape index (κ1) is 19.1. The fourth-order valence-corrected chi connectivity index (χ4v) is 3.93. The zero-order chi connectivity index (χ0) is 15.1. The average molecular weight is 385 g/mol. The third-order valence-electron chi connectivity index (χ3n) is 4.28. The van der Waals surface area contributed by atoms with E-state index in [1.54, 1.807) is 11.3 Å². The van der Waals surface area contributed by atoms with Gasteiger partial charge in [-0.15, -0.1) is 36.2 Å². The largest absolute Gasteiger partial charge is 0.353 e. The van der Waals surface area contributed by atoms with Crippen molar-refractivity contribution in [1.29, 1.82) is 0 Å². The Labute approximate surface area is 159 Å². The number of hydrogen-bond acceptors (Lipinski definition) is 5. The molecular formula is C17H22Cl2N4S. The van der Waals surface area contributed by atoms with Crippen LogP contribution in [0.25, 0.3) is 0 Å². The first-order valence-electron chi connectivity index (χ1n) is 7.70. The van der Waals surface area contributed by atoms with Gasteiger partial charge in [0.25, 0.3) is 0 Å². The molecule has 0 saturated carbocycles. The standard InChI is InChI=1S/C17H20N4S.2ClH/c1-12-11-13-16(21-9-7-20(2)8-10-21)18-14-5-3-4-6-15(14)19-17(13)22-12;;/h3-6,11,19H,7-10H2,1-2H3;2*1H. The maximum absolute atomic E-state index is 5.01. The van der Waals surface area contributed by atoms with Crippen LogP contribution in [0.15, 0.2) is 35.3 Å². The Kier molecular flexibility index (Phi) is 6.15. The number of aryl methyl sites for hydroxylation is 1. The molecule has 0 aliphatic carbocycles.